The minimum absolute atomic E-state index is 0.983. The molecule has 42 valence electrons. The lowest BCUT2D eigenvalue weighted by Gasteiger charge is -1.99. The third-order valence-corrected chi connectivity index (χ3v) is 1.63. The largest absolute Gasteiger partial charge is 0.0955 e. The van der Waals surface area contributed by atoms with Crippen molar-refractivity contribution < 1.29 is 0 Å². The molecule has 0 saturated heterocycles. The van der Waals surface area contributed by atoms with E-state index in [0.717, 1.165) is 10.9 Å². The summed E-state index contributed by atoms with van der Waals surface area (Å²) in [7, 11) is 0. The van der Waals surface area contributed by atoms with Crippen molar-refractivity contribution >= 4 is 15.9 Å². The van der Waals surface area contributed by atoms with E-state index in [4.69, 9.17) is 0 Å². The SMILES string of the molecule is C=C1C=CC(Br)=CC1. The average Bonchev–Trinajstić information content (AvgIpc) is 1.77. The van der Waals surface area contributed by atoms with E-state index in [-0.39, 0.29) is 0 Å². The second kappa shape index (κ2) is 2.31. The molecule has 0 unspecified atom stereocenters. The Labute approximate surface area is 57.7 Å². The van der Waals surface area contributed by atoms with Gasteiger partial charge in [-0.3, -0.25) is 0 Å². The van der Waals surface area contributed by atoms with Crippen molar-refractivity contribution in [1.29, 1.82) is 0 Å². The second-order valence-corrected chi connectivity index (χ2v) is 2.70. The number of hydrogen-bond donors (Lipinski definition) is 0. The molecule has 0 spiro atoms. The van der Waals surface area contributed by atoms with Crippen molar-refractivity contribution in [1.82, 2.24) is 0 Å². The number of hydrogen-bond acceptors (Lipinski definition) is 0. The normalized spacial score (nSPS) is 18.6. The molecule has 0 amide bonds. The average molecular weight is 171 g/mol. The Kier molecular flexibility index (Phi) is 1.69. The predicted octanol–water partition coefficient (Wildman–Crippen LogP) is 2.78. The molecule has 0 aromatic rings. The molecule has 8 heavy (non-hydrogen) atoms. The van der Waals surface area contributed by atoms with Gasteiger partial charge in [0.2, 0.25) is 0 Å². The first-order chi connectivity index (χ1) is 3.79. The first kappa shape index (κ1) is 5.83. The predicted molar refractivity (Wildman–Crippen MR) is 39.9 cm³/mol. The summed E-state index contributed by atoms with van der Waals surface area (Å²) < 4.78 is 1.16. The molecular formula is C7H7Br. The Morgan fingerprint density at radius 2 is 2.25 bits per heavy atom. The van der Waals surface area contributed by atoms with E-state index in [1.807, 2.05) is 12.2 Å². The first-order valence-electron chi connectivity index (χ1n) is 2.50. The number of rotatable bonds is 0. The van der Waals surface area contributed by atoms with Gasteiger partial charge in [-0.1, -0.05) is 40.2 Å². The smallest absolute Gasteiger partial charge is 0.0138 e. The second-order valence-electron chi connectivity index (χ2n) is 1.78. The maximum atomic E-state index is 3.80. The van der Waals surface area contributed by atoms with E-state index in [2.05, 4.69) is 28.6 Å². The van der Waals surface area contributed by atoms with Gasteiger partial charge in [-0.2, -0.15) is 0 Å². The van der Waals surface area contributed by atoms with E-state index in [1.165, 1.54) is 5.57 Å². The summed E-state index contributed by atoms with van der Waals surface area (Å²) in [4.78, 5) is 0. The van der Waals surface area contributed by atoms with Gasteiger partial charge < -0.3 is 0 Å². The lowest BCUT2D eigenvalue weighted by molar-refractivity contribution is 1.27. The van der Waals surface area contributed by atoms with Crippen molar-refractivity contribution in [2.75, 3.05) is 0 Å². The first-order valence-corrected chi connectivity index (χ1v) is 3.30. The van der Waals surface area contributed by atoms with Gasteiger partial charge in [0.25, 0.3) is 0 Å². The summed E-state index contributed by atoms with van der Waals surface area (Å²) in [5, 5.41) is 0. The highest BCUT2D eigenvalue weighted by atomic mass is 79.9. The molecule has 0 N–H and O–H groups in total. The van der Waals surface area contributed by atoms with E-state index < -0.39 is 0 Å². The number of allylic oxidation sites excluding steroid dienone is 5. The lowest BCUT2D eigenvalue weighted by atomic mass is 10.1. The minimum atomic E-state index is 0.983. The molecular weight excluding hydrogens is 164 g/mol. The Morgan fingerprint density at radius 3 is 2.62 bits per heavy atom. The zero-order valence-corrected chi connectivity index (χ0v) is 6.11. The van der Waals surface area contributed by atoms with Crippen LogP contribution < -0.4 is 0 Å². The maximum absolute atomic E-state index is 3.80. The van der Waals surface area contributed by atoms with Crippen LogP contribution in [-0.4, -0.2) is 0 Å². The highest BCUT2D eigenvalue weighted by Crippen LogP contribution is 2.17. The molecule has 0 saturated carbocycles. The molecule has 0 bridgehead atoms. The quantitative estimate of drug-likeness (QED) is 0.525. The van der Waals surface area contributed by atoms with Crippen LogP contribution in [0.4, 0.5) is 0 Å². The molecule has 0 atom stereocenters. The van der Waals surface area contributed by atoms with Gasteiger partial charge in [0.05, 0.1) is 0 Å². The fourth-order valence-corrected chi connectivity index (χ4v) is 0.856. The van der Waals surface area contributed by atoms with Crippen LogP contribution in [-0.2, 0) is 0 Å². The van der Waals surface area contributed by atoms with Crippen LogP contribution in [0.15, 0.2) is 34.9 Å². The molecule has 1 aliphatic carbocycles. The Balaban J connectivity index is 2.71. The Morgan fingerprint density at radius 1 is 1.50 bits per heavy atom. The van der Waals surface area contributed by atoms with Crippen LogP contribution in [0.25, 0.3) is 0 Å². The van der Waals surface area contributed by atoms with Crippen LogP contribution in [0.3, 0.4) is 0 Å². The van der Waals surface area contributed by atoms with Gasteiger partial charge in [0.15, 0.2) is 0 Å². The van der Waals surface area contributed by atoms with Crippen molar-refractivity contribution in [2.24, 2.45) is 0 Å². The molecule has 0 nitrogen and oxygen atoms in total. The van der Waals surface area contributed by atoms with E-state index >= 15 is 0 Å². The van der Waals surface area contributed by atoms with Gasteiger partial charge in [-0.05, 0) is 12.5 Å². The fourth-order valence-electron chi connectivity index (χ4n) is 0.562. The van der Waals surface area contributed by atoms with E-state index in [9.17, 15) is 0 Å². The highest BCUT2D eigenvalue weighted by Gasteiger charge is 1.92. The molecule has 0 aromatic carbocycles. The summed E-state index contributed by atoms with van der Waals surface area (Å²) in [5.41, 5.74) is 1.17. The molecule has 1 heteroatoms. The molecule has 0 aliphatic heterocycles. The summed E-state index contributed by atoms with van der Waals surface area (Å²) in [6.45, 7) is 3.80. The third kappa shape index (κ3) is 1.34. The van der Waals surface area contributed by atoms with Crippen molar-refractivity contribution in [2.45, 2.75) is 6.42 Å². The van der Waals surface area contributed by atoms with Gasteiger partial charge in [-0.15, -0.1) is 0 Å². The molecule has 0 aromatic heterocycles. The van der Waals surface area contributed by atoms with Crippen LogP contribution in [0.5, 0.6) is 0 Å². The van der Waals surface area contributed by atoms with Gasteiger partial charge in [0, 0.05) is 4.48 Å². The summed E-state index contributed by atoms with van der Waals surface area (Å²) in [6.07, 6.45) is 7.11. The van der Waals surface area contributed by atoms with Crippen LogP contribution in [0, 0.1) is 0 Å². The van der Waals surface area contributed by atoms with Gasteiger partial charge in [-0.25, -0.2) is 0 Å². The maximum Gasteiger partial charge on any atom is 0.0138 e. The standard InChI is InChI=1S/C7H7Br/c1-6-2-4-7(8)5-3-6/h2,4-5H,1,3H2. The monoisotopic (exact) mass is 170 g/mol. The zero-order valence-electron chi connectivity index (χ0n) is 4.52. The number of halogens is 1. The third-order valence-electron chi connectivity index (χ3n) is 1.04. The zero-order chi connectivity index (χ0) is 5.98. The molecule has 0 radical (unpaired) electrons. The summed E-state index contributed by atoms with van der Waals surface area (Å²) >= 11 is 3.35. The van der Waals surface area contributed by atoms with Crippen molar-refractivity contribution in [3.8, 4) is 0 Å². The van der Waals surface area contributed by atoms with Crippen LogP contribution in [0.1, 0.15) is 6.42 Å². The molecule has 1 aliphatic rings. The molecule has 0 fully saturated rings. The lowest BCUT2D eigenvalue weighted by Crippen LogP contribution is -1.78. The molecule has 1 rings (SSSR count). The Bertz CT molecular complexity index is 160. The van der Waals surface area contributed by atoms with Crippen LogP contribution in [0.2, 0.25) is 0 Å². The summed E-state index contributed by atoms with van der Waals surface area (Å²) in [5.74, 6) is 0. The van der Waals surface area contributed by atoms with Crippen molar-refractivity contribution in [3.63, 3.8) is 0 Å². The van der Waals surface area contributed by atoms with Gasteiger partial charge >= 0.3 is 0 Å². The summed E-state index contributed by atoms with van der Waals surface area (Å²) in [6, 6.07) is 0. The van der Waals surface area contributed by atoms with E-state index in [1.54, 1.807) is 0 Å². The topological polar surface area (TPSA) is 0 Å². The van der Waals surface area contributed by atoms with Gasteiger partial charge in [0.1, 0.15) is 0 Å². The van der Waals surface area contributed by atoms with Crippen molar-refractivity contribution in [3.05, 3.63) is 34.9 Å². The van der Waals surface area contributed by atoms with Crippen LogP contribution >= 0.6 is 15.9 Å². The fraction of sp³-hybridized carbons (Fsp3) is 0.143. The molecule has 0 heterocycles. The minimum Gasteiger partial charge on any atom is -0.0955 e. The van der Waals surface area contributed by atoms with E-state index in [0.29, 0.717) is 0 Å². The highest BCUT2D eigenvalue weighted by molar-refractivity contribution is 9.11. The Hall–Kier alpha value is -0.300.